The van der Waals surface area contributed by atoms with Crippen LogP contribution in [0.25, 0.3) is 0 Å². The highest BCUT2D eigenvalue weighted by Gasteiger charge is 2.16. The number of rotatable bonds is 4. The summed E-state index contributed by atoms with van der Waals surface area (Å²) >= 11 is 7.09. The van der Waals surface area contributed by atoms with Gasteiger partial charge in [-0.25, -0.2) is 0 Å². The zero-order chi connectivity index (χ0) is 15.4. The number of halogens is 1. The maximum atomic E-state index is 11.2. The van der Waals surface area contributed by atoms with Gasteiger partial charge in [0.15, 0.2) is 0 Å². The van der Waals surface area contributed by atoms with Gasteiger partial charge in [0.05, 0.1) is 15.5 Å². The Hall–Kier alpha value is -2.05. The fourth-order valence-electron chi connectivity index (χ4n) is 1.66. The van der Waals surface area contributed by atoms with Gasteiger partial charge in [-0.2, -0.15) is 0 Å². The van der Waals surface area contributed by atoms with Gasteiger partial charge < -0.3 is 5.21 Å². The summed E-state index contributed by atoms with van der Waals surface area (Å²) in [7, 11) is 0. The summed E-state index contributed by atoms with van der Waals surface area (Å²) in [5.74, 6) is 0. The fourth-order valence-corrected chi connectivity index (χ4v) is 2.68. The number of nitro groups is 1. The molecule has 0 amide bonds. The number of nitro benzene ring substituents is 1. The first-order valence-corrected chi connectivity index (χ1v) is 7.11. The van der Waals surface area contributed by atoms with Gasteiger partial charge in [0.1, 0.15) is 0 Å². The van der Waals surface area contributed by atoms with E-state index in [0.717, 1.165) is 4.90 Å². The molecule has 7 heteroatoms. The third kappa shape index (κ3) is 3.74. The van der Waals surface area contributed by atoms with E-state index in [1.807, 2.05) is 0 Å². The molecule has 2 aromatic carbocycles. The van der Waals surface area contributed by atoms with E-state index >= 15 is 0 Å². The molecule has 108 valence electrons. The molecule has 0 aliphatic carbocycles. The van der Waals surface area contributed by atoms with Crippen molar-refractivity contribution >= 4 is 34.8 Å². The van der Waals surface area contributed by atoms with Gasteiger partial charge in [-0.15, -0.1) is 0 Å². The van der Waals surface area contributed by atoms with Crippen molar-refractivity contribution in [3.8, 4) is 0 Å². The van der Waals surface area contributed by atoms with Crippen molar-refractivity contribution in [1.29, 1.82) is 0 Å². The quantitative estimate of drug-likeness (QED) is 0.386. The van der Waals surface area contributed by atoms with Gasteiger partial charge >= 0.3 is 0 Å². The predicted octanol–water partition coefficient (Wildman–Crippen LogP) is 4.60. The highest BCUT2D eigenvalue weighted by atomic mass is 35.5. The van der Waals surface area contributed by atoms with Crippen molar-refractivity contribution in [2.75, 3.05) is 0 Å². The van der Waals surface area contributed by atoms with E-state index in [1.54, 1.807) is 43.3 Å². The maximum absolute atomic E-state index is 11.2. The molecule has 2 rings (SSSR count). The second kappa shape index (κ2) is 6.60. The summed E-state index contributed by atoms with van der Waals surface area (Å²) in [6.07, 6.45) is 0. The molecule has 0 aromatic heterocycles. The SMILES string of the molecule is C/C(=N\O)c1ccc(Sc2ccc(Cl)cc2)c([N+](=O)[O-])c1. The van der Waals surface area contributed by atoms with Crippen molar-refractivity contribution in [3.63, 3.8) is 0 Å². The topological polar surface area (TPSA) is 75.7 Å². The number of oxime groups is 1. The number of hydrogen-bond acceptors (Lipinski definition) is 5. The van der Waals surface area contributed by atoms with Gasteiger partial charge in [-0.3, -0.25) is 10.1 Å². The Kier molecular flexibility index (Phi) is 4.82. The number of benzene rings is 2. The Bertz CT molecular complexity index is 702. The lowest BCUT2D eigenvalue weighted by Gasteiger charge is -2.05. The molecule has 0 bridgehead atoms. The molecule has 0 saturated carbocycles. The van der Waals surface area contributed by atoms with Gasteiger partial charge in [-0.05, 0) is 37.3 Å². The maximum Gasteiger partial charge on any atom is 0.283 e. The van der Waals surface area contributed by atoms with Gasteiger partial charge in [0.25, 0.3) is 5.69 Å². The van der Waals surface area contributed by atoms with Crippen molar-refractivity contribution in [2.24, 2.45) is 5.16 Å². The third-order valence-corrected chi connectivity index (χ3v) is 4.09. The Balaban J connectivity index is 2.39. The molecular formula is C14H11ClN2O3S. The Labute approximate surface area is 130 Å². The van der Waals surface area contributed by atoms with Crippen LogP contribution in [0.15, 0.2) is 57.4 Å². The number of hydrogen-bond donors (Lipinski definition) is 1. The standard InChI is InChI=1S/C14H11ClN2O3S/c1-9(16-18)10-2-7-14(13(8-10)17(19)20)21-12-5-3-11(15)4-6-12/h2-8,18H,1H3/b16-9+. The summed E-state index contributed by atoms with van der Waals surface area (Å²) < 4.78 is 0. The van der Waals surface area contributed by atoms with Crippen LogP contribution in [0.4, 0.5) is 5.69 Å². The molecule has 0 unspecified atom stereocenters. The molecule has 5 nitrogen and oxygen atoms in total. The molecule has 21 heavy (non-hydrogen) atoms. The van der Waals surface area contributed by atoms with E-state index in [4.69, 9.17) is 16.8 Å². The highest BCUT2D eigenvalue weighted by Crippen LogP contribution is 2.35. The minimum absolute atomic E-state index is 0.0320. The molecule has 0 heterocycles. The van der Waals surface area contributed by atoms with E-state index in [1.165, 1.54) is 17.8 Å². The van der Waals surface area contributed by atoms with E-state index in [9.17, 15) is 10.1 Å². The predicted molar refractivity (Wildman–Crippen MR) is 82.7 cm³/mol. The first kappa shape index (κ1) is 15.3. The molecule has 0 spiro atoms. The zero-order valence-corrected chi connectivity index (χ0v) is 12.6. The average molecular weight is 323 g/mol. The summed E-state index contributed by atoms with van der Waals surface area (Å²) in [6.45, 7) is 1.57. The summed E-state index contributed by atoms with van der Waals surface area (Å²) in [4.78, 5) is 12.1. The first-order valence-electron chi connectivity index (χ1n) is 5.92. The van der Waals surface area contributed by atoms with Crippen LogP contribution < -0.4 is 0 Å². The molecule has 0 aliphatic rings. The number of nitrogens with zero attached hydrogens (tertiary/aromatic N) is 2. The lowest BCUT2D eigenvalue weighted by molar-refractivity contribution is -0.387. The normalized spacial score (nSPS) is 11.4. The molecule has 0 atom stereocenters. The fraction of sp³-hybridized carbons (Fsp3) is 0.0714. The lowest BCUT2D eigenvalue weighted by Crippen LogP contribution is -1.98. The molecular weight excluding hydrogens is 312 g/mol. The Morgan fingerprint density at radius 1 is 1.29 bits per heavy atom. The zero-order valence-electron chi connectivity index (χ0n) is 11.0. The molecule has 2 aromatic rings. The summed E-state index contributed by atoms with van der Waals surface area (Å²) in [5.41, 5.74) is 0.793. The molecule has 0 radical (unpaired) electrons. The second-order valence-corrected chi connectivity index (χ2v) is 5.73. The largest absolute Gasteiger partial charge is 0.411 e. The molecule has 1 N–H and O–H groups in total. The van der Waals surface area contributed by atoms with Crippen LogP contribution in [0.2, 0.25) is 5.02 Å². The van der Waals surface area contributed by atoms with Crippen molar-refractivity contribution in [3.05, 3.63) is 63.2 Å². The van der Waals surface area contributed by atoms with Crippen molar-refractivity contribution in [1.82, 2.24) is 0 Å². The van der Waals surface area contributed by atoms with Gasteiger partial charge in [-0.1, -0.05) is 34.6 Å². The van der Waals surface area contributed by atoms with Crippen LogP contribution in [0.3, 0.4) is 0 Å². The Morgan fingerprint density at radius 3 is 2.52 bits per heavy atom. The van der Waals surface area contributed by atoms with Crippen LogP contribution in [0, 0.1) is 10.1 Å². The van der Waals surface area contributed by atoms with E-state index in [0.29, 0.717) is 21.2 Å². The highest BCUT2D eigenvalue weighted by molar-refractivity contribution is 7.99. The average Bonchev–Trinajstić information content (AvgIpc) is 2.49. The summed E-state index contributed by atoms with van der Waals surface area (Å²) in [5, 5.41) is 23.6. The van der Waals surface area contributed by atoms with Gasteiger partial charge in [0, 0.05) is 21.5 Å². The van der Waals surface area contributed by atoms with Crippen LogP contribution >= 0.6 is 23.4 Å². The molecule has 0 aliphatic heterocycles. The minimum Gasteiger partial charge on any atom is -0.411 e. The minimum atomic E-state index is -0.452. The molecule has 0 saturated heterocycles. The third-order valence-electron chi connectivity index (χ3n) is 2.76. The van der Waals surface area contributed by atoms with E-state index in [-0.39, 0.29) is 5.69 Å². The second-order valence-electron chi connectivity index (χ2n) is 4.18. The van der Waals surface area contributed by atoms with Crippen LogP contribution in [0.5, 0.6) is 0 Å². The Morgan fingerprint density at radius 2 is 1.95 bits per heavy atom. The first-order chi connectivity index (χ1) is 10.0. The summed E-state index contributed by atoms with van der Waals surface area (Å²) in [6, 6.07) is 11.8. The smallest absolute Gasteiger partial charge is 0.283 e. The lowest BCUT2D eigenvalue weighted by atomic mass is 10.1. The monoisotopic (exact) mass is 322 g/mol. The van der Waals surface area contributed by atoms with Crippen LogP contribution in [0.1, 0.15) is 12.5 Å². The van der Waals surface area contributed by atoms with E-state index < -0.39 is 4.92 Å². The van der Waals surface area contributed by atoms with Crippen LogP contribution in [-0.4, -0.2) is 15.8 Å². The van der Waals surface area contributed by atoms with Gasteiger partial charge in [0.2, 0.25) is 0 Å². The van der Waals surface area contributed by atoms with Crippen molar-refractivity contribution in [2.45, 2.75) is 16.7 Å². The van der Waals surface area contributed by atoms with E-state index in [2.05, 4.69) is 5.16 Å². The van der Waals surface area contributed by atoms with Crippen molar-refractivity contribution < 1.29 is 10.1 Å². The molecule has 0 fully saturated rings. The van der Waals surface area contributed by atoms with Crippen LogP contribution in [-0.2, 0) is 0 Å².